The van der Waals surface area contributed by atoms with Crippen molar-refractivity contribution in [2.24, 2.45) is 5.41 Å². The zero-order valence-corrected chi connectivity index (χ0v) is 14.6. The van der Waals surface area contributed by atoms with Gasteiger partial charge in [-0.15, -0.1) is 0 Å². The molecule has 2 rings (SSSR count). The summed E-state index contributed by atoms with van der Waals surface area (Å²) >= 11 is 0. The van der Waals surface area contributed by atoms with Gasteiger partial charge in [0.15, 0.2) is 0 Å². The second-order valence-corrected chi connectivity index (χ2v) is 7.23. The molecule has 1 aromatic heterocycles. The quantitative estimate of drug-likeness (QED) is 0.805. The number of benzene rings is 1. The van der Waals surface area contributed by atoms with E-state index in [1.54, 1.807) is 31.3 Å². The third kappa shape index (κ3) is 4.35. The SMILES string of the molecule is CN(C(=O)Nc1cccc2[nH]c(=O)ccc12)C(CO)CC(C)(C)C. The first-order valence-electron chi connectivity index (χ1n) is 7.98. The van der Waals surface area contributed by atoms with Crippen molar-refractivity contribution in [3.05, 3.63) is 40.7 Å². The molecule has 6 nitrogen and oxygen atoms in total. The van der Waals surface area contributed by atoms with Gasteiger partial charge < -0.3 is 20.3 Å². The number of aromatic amines is 1. The molecule has 1 unspecified atom stereocenters. The molecular weight excluding hydrogens is 306 g/mol. The lowest BCUT2D eigenvalue weighted by Gasteiger charge is -2.32. The van der Waals surface area contributed by atoms with Gasteiger partial charge in [0.2, 0.25) is 5.56 Å². The predicted octanol–water partition coefficient (Wildman–Crippen LogP) is 2.79. The van der Waals surface area contributed by atoms with Crippen molar-refractivity contribution < 1.29 is 9.90 Å². The van der Waals surface area contributed by atoms with Gasteiger partial charge in [-0.1, -0.05) is 26.8 Å². The van der Waals surface area contributed by atoms with Crippen LogP contribution in [0.15, 0.2) is 35.1 Å². The van der Waals surface area contributed by atoms with Gasteiger partial charge in [-0.25, -0.2) is 4.79 Å². The highest BCUT2D eigenvalue weighted by molar-refractivity contribution is 6.00. The molecule has 0 aliphatic carbocycles. The number of urea groups is 1. The first-order chi connectivity index (χ1) is 11.2. The molecule has 0 fully saturated rings. The van der Waals surface area contributed by atoms with E-state index in [1.165, 1.54) is 11.0 Å². The van der Waals surface area contributed by atoms with Crippen molar-refractivity contribution in [2.75, 3.05) is 19.0 Å². The van der Waals surface area contributed by atoms with E-state index < -0.39 is 0 Å². The lowest BCUT2D eigenvalue weighted by molar-refractivity contribution is 0.128. The summed E-state index contributed by atoms with van der Waals surface area (Å²) in [5.41, 5.74) is 1.10. The molecule has 24 heavy (non-hydrogen) atoms. The Morgan fingerprint density at radius 2 is 2.00 bits per heavy atom. The van der Waals surface area contributed by atoms with E-state index in [1.807, 2.05) is 0 Å². The maximum absolute atomic E-state index is 12.5. The number of hydrogen-bond acceptors (Lipinski definition) is 3. The molecule has 1 atom stereocenters. The molecule has 0 radical (unpaired) electrons. The normalized spacial score (nSPS) is 12.9. The van der Waals surface area contributed by atoms with Crippen LogP contribution in [0.5, 0.6) is 0 Å². The highest BCUT2D eigenvalue weighted by Crippen LogP contribution is 2.24. The van der Waals surface area contributed by atoms with E-state index in [0.717, 1.165) is 5.39 Å². The number of rotatable bonds is 4. The molecular formula is C18H25N3O3. The van der Waals surface area contributed by atoms with Crippen LogP contribution in [-0.2, 0) is 0 Å². The molecule has 0 saturated carbocycles. The number of aliphatic hydroxyl groups excluding tert-OH is 1. The van der Waals surface area contributed by atoms with Crippen LogP contribution in [0.4, 0.5) is 10.5 Å². The number of anilines is 1. The van der Waals surface area contributed by atoms with Crippen molar-refractivity contribution >= 4 is 22.6 Å². The second-order valence-electron chi connectivity index (χ2n) is 7.23. The molecule has 0 aliphatic heterocycles. The number of carbonyl (C=O) groups excluding carboxylic acids is 1. The number of fused-ring (bicyclic) bond motifs is 1. The van der Waals surface area contributed by atoms with Crippen LogP contribution in [0.1, 0.15) is 27.2 Å². The molecule has 0 saturated heterocycles. The average molecular weight is 331 g/mol. The fourth-order valence-corrected chi connectivity index (χ4v) is 2.70. The maximum atomic E-state index is 12.5. The van der Waals surface area contributed by atoms with E-state index in [9.17, 15) is 14.7 Å². The van der Waals surface area contributed by atoms with Gasteiger partial charge >= 0.3 is 6.03 Å². The maximum Gasteiger partial charge on any atom is 0.321 e. The topological polar surface area (TPSA) is 85.4 Å². The fourth-order valence-electron chi connectivity index (χ4n) is 2.70. The van der Waals surface area contributed by atoms with Crippen molar-refractivity contribution in [1.82, 2.24) is 9.88 Å². The molecule has 130 valence electrons. The summed E-state index contributed by atoms with van der Waals surface area (Å²) in [6, 6.07) is 7.89. The van der Waals surface area contributed by atoms with Crippen molar-refractivity contribution in [3.63, 3.8) is 0 Å². The Morgan fingerprint density at radius 3 is 2.62 bits per heavy atom. The van der Waals surface area contributed by atoms with Gasteiger partial charge in [0, 0.05) is 18.5 Å². The Balaban J connectivity index is 2.21. The molecule has 2 amide bonds. The molecule has 2 aromatic rings. The molecule has 6 heteroatoms. The highest BCUT2D eigenvalue weighted by atomic mass is 16.3. The van der Waals surface area contributed by atoms with E-state index in [-0.39, 0.29) is 29.7 Å². The number of likely N-dealkylation sites (N-methyl/N-ethyl adjacent to an activating group) is 1. The van der Waals surface area contributed by atoms with Crippen LogP contribution in [0.2, 0.25) is 0 Å². The minimum absolute atomic E-state index is 0.000860. The van der Waals surface area contributed by atoms with Gasteiger partial charge in [-0.05, 0) is 30.0 Å². The molecule has 1 heterocycles. The Hall–Kier alpha value is -2.34. The van der Waals surface area contributed by atoms with Gasteiger partial charge in [0.25, 0.3) is 0 Å². The van der Waals surface area contributed by atoms with Crippen LogP contribution in [0.3, 0.4) is 0 Å². The number of carbonyl (C=O) groups is 1. The highest BCUT2D eigenvalue weighted by Gasteiger charge is 2.25. The smallest absolute Gasteiger partial charge is 0.321 e. The monoisotopic (exact) mass is 331 g/mol. The molecule has 0 bridgehead atoms. The zero-order chi connectivity index (χ0) is 17.9. The molecule has 0 spiro atoms. The first kappa shape index (κ1) is 18.0. The Bertz CT molecular complexity index is 777. The first-order valence-corrected chi connectivity index (χ1v) is 7.98. The summed E-state index contributed by atoms with van der Waals surface area (Å²) in [4.78, 5) is 28.2. The number of aliphatic hydroxyl groups is 1. The minimum Gasteiger partial charge on any atom is -0.394 e. The lowest BCUT2D eigenvalue weighted by Crippen LogP contribution is -2.43. The summed E-state index contributed by atoms with van der Waals surface area (Å²) in [5, 5.41) is 13.2. The number of hydrogen-bond donors (Lipinski definition) is 3. The van der Waals surface area contributed by atoms with Crippen molar-refractivity contribution in [3.8, 4) is 0 Å². The third-order valence-electron chi connectivity index (χ3n) is 3.93. The van der Waals surface area contributed by atoms with E-state index in [0.29, 0.717) is 17.6 Å². The number of amides is 2. The molecule has 3 N–H and O–H groups in total. The Labute approximate surface area is 141 Å². The average Bonchev–Trinajstić information content (AvgIpc) is 2.50. The number of aromatic nitrogens is 1. The lowest BCUT2D eigenvalue weighted by atomic mass is 9.88. The third-order valence-corrected chi connectivity index (χ3v) is 3.93. The van der Waals surface area contributed by atoms with E-state index in [2.05, 4.69) is 31.1 Å². The van der Waals surface area contributed by atoms with Crippen LogP contribution in [0, 0.1) is 5.41 Å². The van der Waals surface area contributed by atoms with Crippen molar-refractivity contribution in [2.45, 2.75) is 33.2 Å². The standard InChI is InChI=1S/C18H25N3O3/c1-18(2,3)10-12(11-22)21(4)17(24)20-15-7-5-6-14-13(15)8-9-16(23)19-14/h5-9,12,22H,10-11H2,1-4H3,(H,19,23)(H,20,24). The molecule has 1 aromatic carbocycles. The number of nitrogens with zero attached hydrogens (tertiary/aromatic N) is 1. The number of nitrogens with one attached hydrogen (secondary N) is 2. The predicted molar refractivity (Wildman–Crippen MR) is 96.3 cm³/mol. The van der Waals surface area contributed by atoms with Crippen LogP contribution >= 0.6 is 0 Å². The van der Waals surface area contributed by atoms with E-state index >= 15 is 0 Å². The summed E-state index contributed by atoms with van der Waals surface area (Å²) in [6.45, 7) is 6.12. The zero-order valence-electron chi connectivity index (χ0n) is 14.6. The number of H-pyrrole nitrogens is 1. The van der Waals surface area contributed by atoms with Gasteiger partial charge in [-0.3, -0.25) is 4.79 Å². The van der Waals surface area contributed by atoms with Crippen LogP contribution in [-0.4, -0.2) is 40.7 Å². The largest absolute Gasteiger partial charge is 0.394 e. The van der Waals surface area contributed by atoms with Crippen LogP contribution < -0.4 is 10.9 Å². The van der Waals surface area contributed by atoms with Crippen molar-refractivity contribution in [1.29, 1.82) is 0 Å². The van der Waals surface area contributed by atoms with Gasteiger partial charge in [0.05, 0.1) is 23.9 Å². The Morgan fingerprint density at radius 1 is 1.29 bits per heavy atom. The molecule has 0 aliphatic rings. The summed E-state index contributed by atoms with van der Waals surface area (Å²) in [7, 11) is 1.68. The van der Waals surface area contributed by atoms with Gasteiger partial charge in [0.1, 0.15) is 0 Å². The number of pyridine rings is 1. The summed E-state index contributed by atoms with van der Waals surface area (Å²) in [5.74, 6) is 0. The minimum atomic E-state index is -0.294. The van der Waals surface area contributed by atoms with Gasteiger partial charge in [-0.2, -0.15) is 0 Å². The van der Waals surface area contributed by atoms with Crippen LogP contribution in [0.25, 0.3) is 10.9 Å². The fraction of sp³-hybridized carbons (Fsp3) is 0.444. The van der Waals surface area contributed by atoms with E-state index in [4.69, 9.17) is 0 Å². The Kier molecular flexibility index (Phi) is 5.29. The second kappa shape index (κ2) is 7.05. The summed E-state index contributed by atoms with van der Waals surface area (Å²) in [6.07, 6.45) is 0.691. The summed E-state index contributed by atoms with van der Waals surface area (Å²) < 4.78 is 0.